The van der Waals surface area contributed by atoms with Crippen LogP contribution in [-0.2, 0) is 16.3 Å². The third-order valence-electron chi connectivity index (χ3n) is 3.31. The molecule has 0 fully saturated rings. The normalized spacial score (nSPS) is 19.2. The summed E-state index contributed by atoms with van der Waals surface area (Å²) in [6.07, 6.45) is 1.48. The van der Waals surface area contributed by atoms with Gasteiger partial charge in [-0.15, -0.1) is 0 Å². The maximum absolute atomic E-state index is 11.9. The van der Waals surface area contributed by atoms with Crippen molar-refractivity contribution in [1.82, 2.24) is 5.32 Å². The minimum atomic E-state index is -3.09. The largest absolute Gasteiger partial charge is 0.394 e. The second-order valence-electron chi connectivity index (χ2n) is 4.58. The minimum absolute atomic E-state index is 0.0133. The van der Waals surface area contributed by atoms with E-state index in [1.54, 1.807) is 12.1 Å². The van der Waals surface area contributed by atoms with E-state index in [0.29, 0.717) is 11.3 Å². The molecule has 0 aromatic heterocycles. The molecular formula is C13H19NO3S. The SMILES string of the molecule is CCNC(CO)c1ccc2c(c1)CCCS2(=O)=O. The fourth-order valence-corrected chi connectivity index (χ4v) is 3.99. The summed E-state index contributed by atoms with van der Waals surface area (Å²) in [6.45, 7) is 2.76. The van der Waals surface area contributed by atoms with E-state index in [2.05, 4.69) is 5.32 Å². The van der Waals surface area contributed by atoms with Crippen LogP contribution in [0.15, 0.2) is 23.1 Å². The standard InChI is InChI=1S/C13H19NO3S/c1-2-14-12(9-15)10-5-6-13-11(8-10)4-3-7-18(13,16)17/h5-6,8,12,14-15H,2-4,7,9H2,1H3. The molecule has 18 heavy (non-hydrogen) atoms. The van der Waals surface area contributed by atoms with Crippen LogP contribution in [0.1, 0.15) is 30.5 Å². The van der Waals surface area contributed by atoms with E-state index in [0.717, 1.165) is 24.1 Å². The van der Waals surface area contributed by atoms with Crippen molar-refractivity contribution in [3.63, 3.8) is 0 Å². The molecule has 0 amide bonds. The summed E-state index contributed by atoms with van der Waals surface area (Å²) in [4.78, 5) is 0.464. The zero-order chi connectivity index (χ0) is 13.2. The molecule has 1 unspecified atom stereocenters. The molecule has 5 heteroatoms. The van der Waals surface area contributed by atoms with Gasteiger partial charge in [-0.3, -0.25) is 0 Å². The number of hydrogen-bond acceptors (Lipinski definition) is 4. The zero-order valence-electron chi connectivity index (χ0n) is 10.5. The predicted octanol–water partition coefficient (Wildman–Crippen LogP) is 1.05. The lowest BCUT2D eigenvalue weighted by molar-refractivity contribution is 0.246. The first-order valence-corrected chi connectivity index (χ1v) is 7.93. The van der Waals surface area contributed by atoms with Crippen molar-refractivity contribution in [1.29, 1.82) is 0 Å². The number of nitrogens with one attached hydrogen (secondary N) is 1. The number of aliphatic hydroxyl groups is 1. The molecule has 1 aliphatic heterocycles. The number of aryl methyl sites for hydroxylation is 1. The number of fused-ring (bicyclic) bond motifs is 1. The maximum atomic E-state index is 11.9. The lowest BCUT2D eigenvalue weighted by Gasteiger charge is -2.20. The molecule has 1 atom stereocenters. The number of aliphatic hydroxyl groups excluding tert-OH is 1. The van der Waals surface area contributed by atoms with Gasteiger partial charge in [0.1, 0.15) is 0 Å². The average Bonchev–Trinajstić information content (AvgIpc) is 2.35. The third-order valence-corrected chi connectivity index (χ3v) is 5.21. The average molecular weight is 269 g/mol. The van der Waals surface area contributed by atoms with Crippen molar-refractivity contribution in [2.45, 2.75) is 30.7 Å². The summed E-state index contributed by atoms with van der Waals surface area (Å²) >= 11 is 0. The Kier molecular flexibility index (Phi) is 4.04. The van der Waals surface area contributed by atoms with E-state index in [1.807, 2.05) is 13.0 Å². The quantitative estimate of drug-likeness (QED) is 0.857. The molecule has 0 saturated heterocycles. The Labute approximate surface area is 108 Å². The van der Waals surface area contributed by atoms with Gasteiger partial charge < -0.3 is 10.4 Å². The molecule has 2 N–H and O–H groups in total. The Morgan fingerprint density at radius 2 is 2.22 bits per heavy atom. The van der Waals surface area contributed by atoms with Crippen molar-refractivity contribution < 1.29 is 13.5 Å². The highest BCUT2D eigenvalue weighted by molar-refractivity contribution is 7.91. The minimum Gasteiger partial charge on any atom is -0.394 e. The molecule has 0 radical (unpaired) electrons. The highest BCUT2D eigenvalue weighted by atomic mass is 32.2. The van der Waals surface area contributed by atoms with Crippen molar-refractivity contribution in [2.75, 3.05) is 18.9 Å². The van der Waals surface area contributed by atoms with Gasteiger partial charge in [-0.05, 0) is 36.6 Å². The smallest absolute Gasteiger partial charge is 0.178 e. The van der Waals surface area contributed by atoms with Crippen LogP contribution in [0.25, 0.3) is 0 Å². The van der Waals surface area contributed by atoms with Crippen molar-refractivity contribution in [3.8, 4) is 0 Å². The Balaban J connectivity index is 2.38. The third kappa shape index (κ3) is 2.58. The van der Waals surface area contributed by atoms with Crippen LogP contribution >= 0.6 is 0 Å². The van der Waals surface area contributed by atoms with E-state index >= 15 is 0 Å². The van der Waals surface area contributed by atoms with Crippen LogP contribution in [0, 0.1) is 0 Å². The molecule has 1 aromatic rings. The van der Waals surface area contributed by atoms with Gasteiger partial charge in [-0.1, -0.05) is 19.1 Å². The molecule has 0 aliphatic carbocycles. The molecule has 0 bridgehead atoms. The number of rotatable bonds is 4. The topological polar surface area (TPSA) is 66.4 Å². The fraction of sp³-hybridized carbons (Fsp3) is 0.538. The molecule has 0 saturated carbocycles. The summed E-state index contributed by atoms with van der Waals surface area (Å²) in [5.41, 5.74) is 1.84. The van der Waals surface area contributed by atoms with Gasteiger partial charge in [0, 0.05) is 0 Å². The number of likely N-dealkylation sites (N-methyl/N-ethyl adjacent to an activating group) is 1. The highest BCUT2D eigenvalue weighted by Gasteiger charge is 2.24. The van der Waals surface area contributed by atoms with Crippen molar-refractivity contribution in [3.05, 3.63) is 29.3 Å². The summed E-state index contributed by atoms with van der Waals surface area (Å²) < 4.78 is 23.8. The summed E-state index contributed by atoms with van der Waals surface area (Å²) in [6, 6.07) is 5.27. The zero-order valence-corrected chi connectivity index (χ0v) is 11.3. The van der Waals surface area contributed by atoms with E-state index in [1.165, 1.54) is 0 Å². The molecule has 1 heterocycles. The van der Waals surface area contributed by atoms with E-state index < -0.39 is 9.84 Å². The Bertz CT molecular complexity index is 525. The predicted molar refractivity (Wildman–Crippen MR) is 70.3 cm³/mol. The molecule has 4 nitrogen and oxygen atoms in total. The van der Waals surface area contributed by atoms with Crippen LogP contribution in [0.3, 0.4) is 0 Å². The molecule has 0 spiro atoms. The van der Waals surface area contributed by atoms with Crippen LogP contribution in [-0.4, -0.2) is 32.4 Å². The van der Waals surface area contributed by atoms with E-state index in [9.17, 15) is 13.5 Å². The number of sulfone groups is 1. The number of benzene rings is 1. The van der Waals surface area contributed by atoms with Gasteiger partial charge in [-0.2, -0.15) is 0 Å². The summed E-state index contributed by atoms with van der Waals surface area (Å²) in [7, 11) is -3.09. The fourth-order valence-electron chi connectivity index (χ4n) is 2.41. The molecule has 1 aliphatic rings. The molecule has 100 valence electrons. The highest BCUT2D eigenvalue weighted by Crippen LogP contribution is 2.27. The van der Waals surface area contributed by atoms with Gasteiger partial charge in [0.2, 0.25) is 0 Å². The second-order valence-corrected chi connectivity index (χ2v) is 6.66. The van der Waals surface area contributed by atoms with Crippen molar-refractivity contribution in [2.24, 2.45) is 0 Å². The number of hydrogen-bond donors (Lipinski definition) is 2. The van der Waals surface area contributed by atoms with Gasteiger partial charge in [0.25, 0.3) is 0 Å². The lowest BCUT2D eigenvalue weighted by Crippen LogP contribution is -2.25. The first kappa shape index (κ1) is 13.5. The lowest BCUT2D eigenvalue weighted by atomic mass is 10.0. The van der Waals surface area contributed by atoms with Crippen LogP contribution in [0.2, 0.25) is 0 Å². The van der Waals surface area contributed by atoms with E-state index in [-0.39, 0.29) is 18.4 Å². The van der Waals surface area contributed by atoms with Crippen LogP contribution < -0.4 is 5.32 Å². The molecule has 1 aromatic carbocycles. The first-order valence-electron chi connectivity index (χ1n) is 6.28. The Morgan fingerprint density at radius 1 is 1.44 bits per heavy atom. The van der Waals surface area contributed by atoms with Crippen molar-refractivity contribution >= 4 is 9.84 Å². The van der Waals surface area contributed by atoms with Gasteiger partial charge >= 0.3 is 0 Å². The van der Waals surface area contributed by atoms with Crippen LogP contribution in [0.4, 0.5) is 0 Å². The Hall–Kier alpha value is -0.910. The molecular weight excluding hydrogens is 250 g/mol. The Morgan fingerprint density at radius 3 is 2.89 bits per heavy atom. The van der Waals surface area contributed by atoms with Gasteiger partial charge in [0.05, 0.1) is 23.3 Å². The van der Waals surface area contributed by atoms with Gasteiger partial charge in [0.15, 0.2) is 9.84 Å². The monoisotopic (exact) mass is 269 g/mol. The maximum Gasteiger partial charge on any atom is 0.178 e. The van der Waals surface area contributed by atoms with Gasteiger partial charge in [-0.25, -0.2) is 8.42 Å². The first-order chi connectivity index (χ1) is 8.58. The van der Waals surface area contributed by atoms with E-state index in [4.69, 9.17) is 0 Å². The summed E-state index contributed by atoms with van der Waals surface area (Å²) in [5.74, 6) is 0.246. The second kappa shape index (κ2) is 5.38. The summed E-state index contributed by atoms with van der Waals surface area (Å²) in [5, 5.41) is 12.5. The van der Waals surface area contributed by atoms with Crippen LogP contribution in [0.5, 0.6) is 0 Å². The molecule has 2 rings (SSSR count).